The molecule has 3 aromatic heterocycles. The summed E-state index contributed by atoms with van der Waals surface area (Å²) in [6.07, 6.45) is 5.82. The van der Waals surface area contributed by atoms with E-state index in [2.05, 4.69) is 38.6 Å². The molecule has 0 spiro atoms. The summed E-state index contributed by atoms with van der Waals surface area (Å²) in [6.45, 7) is 1.07. The fourth-order valence-electron chi connectivity index (χ4n) is 4.56. The standard InChI is InChI=1S/C26H21N5O4S/c1-32-16-6-21(34-12-14-3-4-17-18(5-14)24(17)15-9-27-13-28-10-15)19-8-23(35-22(19)7-16)20-11-31-25(29-20)36-26(30-31)33-2/h3-11,24,27H,12-13H2,1-2H3/t24-/m1/s1. The largest absolute Gasteiger partial charge is 0.496 e. The van der Waals surface area contributed by atoms with Crippen molar-refractivity contribution in [1.82, 2.24) is 19.9 Å². The molecule has 0 radical (unpaired) electrons. The van der Waals surface area contributed by atoms with Crippen LogP contribution in [0.1, 0.15) is 22.6 Å². The number of aromatic nitrogens is 3. The van der Waals surface area contributed by atoms with E-state index in [4.69, 9.17) is 18.6 Å². The van der Waals surface area contributed by atoms with Crippen LogP contribution in [0, 0.1) is 0 Å². The summed E-state index contributed by atoms with van der Waals surface area (Å²) in [5, 5.41) is 8.93. The summed E-state index contributed by atoms with van der Waals surface area (Å²) in [4.78, 5) is 9.68. The first-order valence-electron chi connectivity index (χ1n) is 11.4. The molecule has 7 rings (SSSR count). The molecule has 2 aromatic carbocycles. The Hall–Kier alpha value is -4.31. The molecule has 0 bridgehead atoms. The van der Waals surface area contributed by atoms with E-state index in [-0.39, 0.29) is 0 Å². The van der Waals surface area contributed by atoms with Gasteiger partial charge in [0.05, 0.1) is 25.8 Å². The number of hydrogen-bond donors (Lipinski definition) is 1. The highest BCUT2D eigenvalue weighted by Gasteiger charge is 2.35. The average molecular weight is 500 g/mol. The molecule has 5 aromatic rings. The van der Waals surface area contributed by atoms with Crippen molar-refractivity contribution in [3.63, 3.8) is 0 Å². The zero-order valence-corrected chi connectivity index (χ0v) is 20.3. The Morgan fingerprint density at radius 1 is 1.14 bits per heavy atom. The number of rotatable bonds is 7. The van der Waals surface area contributed by atoms with Gasteiger partial charge in [-0.1, -0.05) is 18.2 Å². The zero-order chi connectivity index (χ0) is 24.2. The Kier molecular flexibility index (Phi) is 4.74. The number of benzene rings is 2. The third kappa shape index (κ3) is 3.49. The summed E-state index contributed by atoms with van der Waals surface area (Å²) in [7, 11) is 3.22. The van der Waals surface area contributed by atoms with Crippen molar-refractivity contribution >= 4 is 33.5 Å². The van der Waals surface area contributed by atoms with Gasteiger partial charge >= 0.3 is 0 Å². The van der Waals surface area contributed by atoms with E-state index in [9.17, 15) is 0 Å². The van der Waals surface area contributed by atoms with Crippen molar-refractivity contribution in [2.45, 2.75) is 12.5 Å². The van der Waals surface area contributed by atoms with Crippen molar-refractivity contribution in [2.75, 3.05) is 20.9 Å². The molecule has 0 saturated carbocycles. The van der Waals surface area contributed by atoms with Crippen LogP contribution in [0.25, 0.3) is 27.4 Å². The summed E-state index contributed by atoms with van der Waals surface area (Å²) < 4.78 is 24.8. The highest BCUT2D eigenvalue weighted by molar-refractivity contribution is 7.18. The lowest BCUT2D eigenvalue weighted by Crippen LogP contribution is -2.12. The minimum atomic E-state index is 0.328. The predicted molar refractivity (Wildman–Crippen MR) is 136 cm³/mol. The second kappa shape index (κ2) is 8.13. The van der Waals surface area contributed by atoms with Crippen molar-refractivity contribution in [3.8, 4) is 28.1 Å². The number of imidazole rings is 1. The van der Waals surface area contributed by atoms with E-state index in [0.717, 1.165) is 15.9 Å². The molecule has 4 heterocycles. The van der Waals surface area contributed by atoms with Gasteiger partial charge in [0.1, 0.15) is 36.1 Å². The molecule has 1 aliphatic heterocycles. The number of allylic oxidation sites excluding steroid dienone is 1. The van der Waals surface area contributed by atoms with E-state index in [0.29, 0.717) is 52.9 Å². The topological polar surface area (TPSA) is 95.4 Å². The summed E-state index contributed by atoms with van der Waals surface area (Å²) in [6, 6.07) is 12.2. The van der Waals surface area contributed by atoms with Gasteiger partial charge in [0.15, 0.2) is 5.76 Å². The number of aliphatic imine (C=N–C) groups is 1. The number of hydrogen-bond acceptors (Lipinski definition) is 9. The SMILES string of the molecule is COc1cc(OCc2ccc3c(c2)[C@@H]3C2=CNCN=C2)c2cc(-c3cn4nc(OC)sc4n3)oc2c1. The first-order chi connectivity index (χ1) is 17.7. The Morgan fingerprint density at radius 2 is 2.08 bits per heavy atom. The normalized spacial score (nSPS) is 16.1. The van der Waals surface area contributed by atoms with E-state index in [1.807, 2.05) is 36.8 Å². The van der Waals surface area contributed by atoms with Crippen LogP contribution in [0.15, 0.2) is 63.8 Å². The van der Waals surface area contributed by atoms with Crippen LogP contribution in [-0.2, 0) is 6.61 Å². The highest BCUT2D eigenvalue weighted by Crippen LogP contribution is 2.48. The first kappa shape index (κ1) is 21.0. The third-order valence-electron chi connectivity index (χ3n) is 6.37. The molecule has 9 nitrogen and oxygen atoms in total. The number of fused-ring (bicyclic) bond motifs is 3. The van der Waals surface area contributed by atoms with Crippen molar-refractivity contribution in [1.29, 1.82) is 0 Å². The molecule has 2 aliphatic rings. The molecule has 1 aliphatic carbocycles. The number of nitrogens with one attached hydrogen (secondary N) is 1. The van der Waals surface area contributed by atoms with E-state index in [1.165, 1.54) is 28.0 Å². The summed E-state index contributed by atoms with van der Waals surface area (Å²) in [5.41, 5.74) is 6.32. The lowest BCUT2D eigenvalue weighted by Gasteiger charge is -2.09. The Bertz CT molecular complexity index is 1660. The van der Waals surface area contributed by atoms with Gasteiger partial charge in [-0.3, -0.25) is 4.99 Å². The van der Waals surface area contributed by atoms with Crippen LogP contribution in [0.3, 0.4) is 0 Å². The van der Waals surface area contributed by atoms with Crippen LogP contribution in [0.2, 0.25) is 0 Å². The van der Waals surface area contributed by atoms with Gasteiger partial charge in [-0.2, -0.15) is 0 Å². The Morgan fingerprint density at radius 3 is 2.89 bits per heavy atom. The Labute approximate surface area is 209 Å². The van der Waals surface area contributed by atoms with Gasteiger partial charge in [-0.05, 0) is 39.7 Å². The molecule has 1 atom stereocenters. The molecule has 0 fully saturated rings. The van der Waals surface area contributed by atoms with Crippen LogP contribution >= 0.6 is 11.3 Å². The highest BCUT2D eigenvalue weighted by atomic mass is 32.1. The maximum absolute atomic E-state index is 6.28. The van der Waals surface area contributed by atoms with Crippen molar-refractivity contribution in [3.05, 3.63) is 71.1 Å². The van der Waals surface area contributed by atoms with Gasteiger partial charge in [0.2, 0.25) is 4.96 Å². The smallest absolute Gasteiger partial charge is 0.294 e. The maximum atomic E-state index is 6.28. The summed E-state index contributed by atoms with van der Waals surface area (Å²) in [5.74, 6) is 2.30. The number of furan rings is 1. The molecule has 10 heteroatoms. The molecule has 36 heavy (non-hydrogen) atoms. The first-order valence-corrected chi connectivity index (χ1v) is 12.2. The van der Waals surface area contributed by atoms with Gasteiger partial charge in [-0.15, -0.1) is 5.10 Å². The van der Waals surface area contributed by atoms with Crippen molar-refractivity contribution in [2.24, 2.45) is 4.99 Å². The third-order valence-corrected chi connectivity index (χ3v) is 7.25. The van der Waals surface area contributed by atoms with Gasteiger partial charge in [-0.25, -0.2) is 9.50 Å². The second-order valence-corrected chi connectivity index (χ2v) is 9.50. The molecule has 0 saturated heterocycles. The molecule has 1 N–H and O–H groups in total. The average Bonchev–Trinajstić information content (AvgIpc) is 3.19. The van der Waals surface area contributed by atoms with Crippen LogP contribution in [0.4, 0.5) is 0 Å². The monoisotopic (exact) mass is 499 g/mol. The molecular weight excluding hydrogens is 478 g/mol. The lowest BCUT2D eigenvalue weighted by molar-refractivity contribution is 0.307. The van der Waals surface area contributed by atoms with E-state index < -0.39 is 0 Å². The van der Waals surface area contributed by atoms with Gasteiger partial charge < -0.3 is 23.9 Å². The fourth-order valence-corrected chi connectivity index (χ4v) is 5.26. The minimum absolute atomic E-state index is 0.328. The van der Waals surface area contributed by atoms with Crippen molar-refractivity contribution < 1.29 is 18.6 Å². The number of ether oxygens (including phenoxy) is 3. The number of nitrogens with zero attached hydrogens (tertiary/aromatic N) is 4. The molecule has 0 amide bonds. The van der Waals surface area contributed by atoms with Crippen LogP contribution in [0.5, 0.6) is 16.7 Å². The Balaban J connectivity index is 1.16. The second-order valence-electron chi connectivity index (χ2n) is 8.58. The van der Waals surface area contributed by atoms with E-state index >= 15 is 0 Å². The maximum Gasteiger partial charge on any atom is 0.294 e. The van der Waals surface area contributed by atoms with Crippen LogP contribution < -0.4 is 19.5 Å². The van der Waals surface area contributed by atoms with Crippen LogP contribution in [-0.4, -0.2) is 41.7 Å². The zero-order valence-electron chi connectivity index (χ0n) is 19.5. The lowest BCUT2D eigenvalue weighted by atomic mass is 10.1. The molecular formula is C26H21N5O4S. The van der Waals surface area contributed by atoms with E-state index in [1.54, 1.807) is 18.7 Å². The summed E-state index contributed by atoms with van der Waals surface area (Å²) >= 11 is 1.37. The molecule has 180 valence electrons. The van der Waals surface area contributed by atoms with Gasteiger partial charge in [0.25, 0.3) is 5.19 Å². The van der Waals surface area contributed by atoms with Gasteiger partial charge in [0, 0.05) is 30.5 Å². The minimum Gasteiger partial charge on any atom is -0.496 e. The number of methoxy groups -OCH3 is 2. The fraction of sp³-hybridized carbons (Fsp3) is 0.192. The molecule has 0 unspecified atom stereocenters. The quantitative estimate of drug-likeness (QED) is 0.345. The predicted octanol–water partition coefficient (Wildman–Crippen LogP) is 4.76.